The third-order valence-electron chi connectivity index (χ3n) is 4.41. The average molecular weight is 391 g/mol. The zero-order valence-corrected chi connectivity index (χ0v) is 15.5. The molecule has 0 saturated carbocycles. The van der Waals surface area contributed by atoms with E-state index in [1.807, 2.05) is 0 Å². The molecule has 0 spiro atoms. The molecule has 146 valence electrons. The SMILES string of the molecule is CC(=O)c1cccc(NC(=O)Cn2cnc(-c3ccc4c(c3)OCO4)cc2=O)c1. The summed E-state index contributed by atoms with van der Waals surface area (Å²) >= 11 is 0. The molecule has 3 aromatic rings. The summed E-state index contributed by atoms with van der Waals surface area (Å²) in [7, 11) is 0. The van der Waals surface area contributed by atoms with E-state index >= 15 is 0 Å². The molecule has 29 heavy (non-hydrogen) atoms. The molecule has 1 aromatic heterocycles. The number of hydrogen-bond donors (Lipinski definition) is 1. The molecule has 0 aliphatic carbocycles. The van der Waals surface area contributed by atoms with Crippen LogP contribution >= 0.6 is 0 Å². The highest BCUT2D eigenvalue weighted by Gasteiger charge is 2.15. The van der Waals surface area contributed by atoms with Gasteiger partial charge in [-0.3, -0.25) is 19.0 Å². The molecule has 0 fully saturated rings. The Labute approximate surface area is 165 Å². The first-order valence-electron chi connectivity index (χ1n) is 8.87. The molecule has 2 aromatic carbocycles. The van der Waals surface area contributed by atoms with Crippen LogP contribution in [-0.4, -0.2) is 28.0 Å². The Hall–Kier alpha value is -3.94. The molecule has 0 saturated heterocycles. The van der Waals surface area contributed by atoms with Crippen molar-refractivity contribution in [2.75, 3.05) is 12.1 Å². The van der Waals surface area contributed by atoms with Gasteiger partial charge in [0.1, 0.15) is 6.54 Å². The fourth-order valence-corrected chi connectivity index (χ4v) is 2.93. The lowest BCUT2D eigenvalue weighted by atomic mass is 10.1. The van der Waals surface area contributed by atoms with Gasteiger partial charge in [-0.1, -0.05) is 12.1 Å². The highest BCUT2D eigenvalue weighted by molar-refractivity contribution is 5.97. The highest BCUT2D eigenvalue weighted by Crippen LogP contribution is 2.35. The number of nitrogens with one attached hydrogen (secondary N) is 1. The van der Waals surface area contributed by atoms with Gasteiger partial charge in [-0.2, -0.15) is 0 Å². The Morgan fingerprint density at radius 3 is 2.72 bits per heavy atom. The molecule has 0 unspecified atom stereocenters. The predicted molar refractivity (Wildman–Crippen MR) is 105 cm³/mol. The zero-order valence-electron chi connectivity index (χ0n) is 15.5. The van der Waals surface area contributed by atoms with Crippen LogP contribution in [0, 0.1) is 0 Å². The summed E-state index contributed by atoms with van der Waals surface area (Å²) in [6.45, 7) is 1.42. The summed E-state index contributed by atoms with van der Waals surface area (Å²) in [6.07, 6.45) is 1.33. The lowest BCUT2D eigenvalue weighted by Crippen LogP contribution is -2.27. The van der Waals surface area contributed by atoms with Crippen LogP contribution < -0.4 is 20.3 Å². The lowest BCUT2D eigenvalue weighted by molar-refractivity contribution is -0.116. The molecule has 4 rings (SSSR count). The Bertz CT molecular complexity index is 1170. The monoisotopic (exact) mass is 391 g/mol. The number of ether oxygens (including phenoxy) is 2. The number of amides is 1. The first-order valence-corrected chi connectivity index (χ1v) is 8.87. The molecule has 0 bridgehead atoms. The summed E-state index contributed by atoms with van der Waals surface area (Å²) in [5.74, 6) is 0.749. The maximum atomic E-state index is 12.4. The number of benzene rings is 2. The molecular formula is C21H17N3O5. The van der Waals surface area contributed by atoms with Crippen molar-refractivity contribution in [1.29, 1.82) is 0 Å². The smallest absolute Gasteiger partial charge is 0.254 e. The van der Waals surface area contributed by atoms with E-state index in [-0.39, 0.29) is 24.7 Å². The van der Waals surface area contributed by atoms with Crippen molar-refractivity contribution in [3.05, 3.63) is 70.8 Å². The van der Waals surface area contributed by atoms with Gasteiger partial charge in [0.05, 0.1) is 12.0 Å². The van der Waals surface area contributed by atoms with E-state index in [1.54, 1.807) is 42.5 Å². The third kappa shape index (κ3) is 4.01. The van der Waals surface area contributed by atoms with Crippen LogP contribution in [-0.2, 0) is 11.3 Å². The number of carbonyl (C=O) groups excluding carboxylic acids is 2. The minimum Gasteiger partial charge on any atom is -0.454 e. The number of Topliss-reactive ketones (excluding diaryl/α,β-unsaturated/α-hetero) is 1. The van der Waals surface area contributed by atoms with Crippen molar-refractivity contribution in [3.8, 4) is 22.8 Å². The highest BCUT2D eigenvalue weighted by atomic mass is 16.7. The topological polar surface area (TPSA) is 99.5 Å². The molecule has 8 nitrogen and oxygen atoms in total. The molecule has 1 aliphatic heterocycles. The van der Waals surface area contributed by atoms with Gasteiger partial charge < -0.3 is 14.8 Å². The molecule has 1 amide bonds. The van der Waals surface area contributed by atoms with Crippen LogP contribution in [0.4, 0.5) is 5.69 Å². The number of ketones is 1. The van der Waals surface area contributed by atoms with E-state index in [4.69, 9.17) is 9.47 Å². The minimum atomic E-state index is -0.398. The Morgan fingerprint density at radius 2 is 1.93 bits per heavy atom. The van der Waals surface area contributed by atoms with Crippen LogP contribution in [0.3, 0.4) is 0 Å². The second-order valence-corrected chi connectivity index (χ2v) is 6.49. The first kappa shape index (κ1) is 18.4. The van der Waals surface area contributed by atoms with E-state index in [0.29, 0.717) is 34.0 Å². The fraction of sp³-hybridized carbons (Fsp3) is 0.143. The van der Waals surface area contributed by atoms with Crippen molar-refractivity contribution in [2.45, 2.75) is 13.5 Å². The second kappa shape index (κ2) is 7.59. The number of nitrogens with zero attached hydrogens (tertiary/aromatic N) is 2. The molecular weight excluding hydrogens is 374 g/mol. The summed E-state index contributed by atoms with van der Waals surface area (Å²) in [4.78, 5) is 40.4. The van der Waals surface area contributed by atoms with Crippen LogP contribution in [0.25, 0.3) is 11.3 Å². The Balaban J connectivity index is 1.48. The van der Waals surface area contributed by atoms with Crippen molar-refractivity contribution < 1.29 is 19.1 Å². The van der Waals surface area contributed by atoms with E-state index in [9.17, 15) is 14.4 Å². The van der Waals surface area contributed by atoms with Gasteiger partial charge in [0.2, 0.25) is 12.7 Å². The lowest BCUT2D eigenvalue weighted by Gasteiger charge is -2.09. The molecule has 0 atom stereocenters. The van der Waals surface area contributed by atoms with Gasteiger partial charge in [0.25, 0.3) is 5.56 Å². The van der Waals surface area contributed by atoms with Crippen molar-refractivity contribution in [3.63, 3.8) is 0 Å². The van der Waals surface area contributed by atoms with E-state index in [0.717, 1.165) is 0 Å². The number of aromatic nitrogens is 2. The molecule has 2 heterocycles. The van der Waals surface area contributed by atoms with Crippen molar-refractivity contribution >= 4 is 17.4 Å². The normalized spacial score (nSPS) is 11.9. The molecule has 0 radical (unpaired) electrons. The Morgan fingerprint density at radius 1 is 1.10 bits per heavy atom. The minimum absolute atomic E-state index is 0.0966. The van der Waals surface area contributed by atoms with Crippen LogP contribution in [0.5, 0.6) is 11.5 Å². The number of hydrogen-bond acceptors (Lipinski definition) is 6. The largest absolute Gasteiger partial charge is 0.454 e. The van der Waals surface area contributed by atoms with Crippen molar-refractivity contribution in [1.82, 2.24) is 9.55 Å². The van der Waals surface area contributed by atoms with Crippen molar-refractivity contribution in [2.24, 2.45) is 0 Å². The molecule has 8 heteroatoms. The summed E-state index contributed by atoms with van der Waals surface area (Å²) in [6, 6.07) is 13.3. The van der Waals surface area contributed by atoms with Gasteiger partial charge in [-0.15, -0.1) is 0 Å². The Kier molecular flexibility index (Phi) is 4.82. The average Bonchev–Trinajstić information content (AvgIpc) is 3.17. The maximum absolute atomic E-state index is 12.4. The van der Waals surface area contributed by atoms with Crippen LogP contribution in [0.15, 0.2) is 59.7 Å². The van der Waals surface area contributed by atoms with E-state index in [2.05, 4.69) is 10.3 Å². The molecule has 1 N–H and O–H groups in total. The van der Waals surface area contributed by atoms with E-state index < -0.39 is 5.91 Å². The fourth-order valence-electron chi connectivity index (χ4n) is 2.93. The molecule has 1 aliphatic rings. The van der Waals surface area contributed by atoms with Gasteiger partial charge in [-0.25, -0.2) is 4.98 Å². The van der Waals surface area contributed by atoms with Gasteiger partial charge in [0, 0.05) is 22.9 Å². The third-order valence-corrected chi connectivity index (χ3v) is 4.41. The number of rotatable bonds is 5. The second-order valence-electron chi connectivity index (χ2n) is 6.49. The van der Waals surface area contributed by atoms with Gasteiger partial charge in [-0.05, 0) is 37.3 Å². The maximum Gasteiger partial charge on any atom is 0.254 e. The van der Waals surface area contributed by atoms with Crippen LogP contribution in [0.1, 0.15) is 17.3 Å². The summed E-state index contributed by atoms with van der Waals surface area (Å²) in [5.41, 5.74) is 1.80. The number of carbonyl (C=O) groups is 2. The standard InChI is InChI=1S/C21H17N3O5/c1-13(25)14-3-2-4-16(7-14)23-20(26)10-24-11-22-17(9-21(24)27)15-5-6-18-19(8-15)29-12-28-18/h2-9,11H,10,12H2,1H3,(H,23,26). The van der Waals surface area contributed by atoms with Gasteiger partial charge in [0.15, 0.2) is 17.3 Å². The van der Waals surface area contributed by atoms with Gasteiger partial charge >= 0.3 is 0 Å². The van der Waals surface area contributed by atoms with E-state index in [1.165, 1.54) is 23.9 Å². The predicted octanol–water partition coefficient (Wildman–Crippen LogP) is 2.48. The first-order chi connectivity index (χ1) is 14.0. The quantitative estimate of drug-likeness (QED) is 0.671. The summed E-state index contributed by atoms with van der Waals surface area (Å²) in [5, 5.41) is 2.68. The number of fused-ring (bicyclic) bond motifs is 1. The summed E-state index contributed by atoms with van der Waals surface area (Å²) < 4.78 is 11.8. The number of anilines is 1. The zero-order chi connectivity index (χ0) is 20.4. The van der Waals surface area contributed by atoms with Crippen LogP contribution in [0.2, 0.25) is 0 Å².